The molecule has 4 aromatic rings. The molecule has 0 aromatic heterocycles. The van der Waals surface area contributed by atoms with E-state index in [-0.39, 0.29) is 5.78 Å². The summed E-state index contributed by atoms with van der Waals surface area (Å²) in [7, 11) is 0. The molecule has 0 saturated carbocycles. The van der Waals surface area contributed by atoms with Crippen LogP contribution in [0, 0.1) is 5.41 Å². The highest BCUT2D eigenvalue weighted by Gasteiger charge is 2.42. The molecule has 0 bridgehead atoms. The van der Waals surface area contributed by atoms with Gasteiger partial charge in [0, 0.05) is 0 Å². The summed E-state index contributed by atoms with van der Waals surface area (Å²) in [4.78, 5) is 14.0. The Bertz CT molecular complexity index is 1200. The number of aliphatic hydroxyl groups is 1. The summed E-state index contributed by atoms with van der Waals surface area (Å²) < 4.78 is 0. The predicted octanol–water partition coefficient (Wildman–Crippen LogP) is 6.82. The van der Waals surface area contributed by atoms with Crippen molar-refractivity contribution in [2.75, 3.05) is 0 Å². The van der Waals surface area contributed by atoms with Crippen molar-refractivity contribution in [3.8, 4) is 0 Å². The van der Waals surface area contributed by atoms with Gasteiger partial charge in [-0.15, -0.1) is 0 Å². The van der Waals surface area contributed by atoms with Crippen LogP contribution in [0.4, 0.5) is 0 Å². The Balaban J connectivity index is 1.77. The normalized spacial score (nSPS) is 12.7. The average molecular weight is 459 g/mol. The number of rotatable bonds is 10. The number of ketones is 1. The van der Waals surface area contributed by atoms with Gasteiger partial charge in [0.1, 0.15) is 0 Å². The topological polar surface area (TPSA) is 37.3 Å². The molecule has 1 unspecified atom stereocenters. The lowest BCUT2D eigenvalue weighted by Crippen LogP contribution is -2.45. The van der Waals surface area contributed by atoms with Gasteiger partial charge < -0.3 is 5.11 Å². The molecule has 174 valence electrons. The lowest BCUT2D eigenvalue weighted by atomic mass is 9.68. The van der Waals surface area contributed by atoms with E-state index >= 15 is 0 Å². The fourth-order valence-electron chi connectivity index (χ4n) is 4.36. The van der Waals surface area contributed by atoms with Crippen LogP contribution in [-0.2, 0) is 17.6 Å². The highest BCUT2D eigenvalue weighted by Crippen LogP contribution is 2.35. The number of carbonyl (C=O) groups is 1. The first-order valence-corrected chi connectivity index (χ1v) is 11.9. The summed E-state index contributed by atoms with van der Waals surface area (Å²) in [6.45, 7) is 0. The van der Waals surface area contributed by atoms with Crippen molar-refractivity contribution >= 4 is 17.9 Å². The highest BCUT2D eigenvalue weighted by molar-refractivity contribution is 5.99. The van der Waals surface area contributed by atoms with E-state index in [4.69, 9.17) is 0 Å². The summed E-state index contributed by atoms with van der Waals surface area (Å²) in [5, 5.41) is 11.7. The van der Waals surface area contributed by atoms with Gasteiger partial charge in [-0.05, 0) is 41.2 Å². The van der Waals surface area contributed by atoms with Crippen LogP contribution in [0.2, 0.25) is 0 Å². The van der Waals surface area contributed by atoms with Gasteiger partial charge in [-0.2, -0.15) is 0 Å². The van der Waals surface area contributed by atoms with Crippen LogP contribution < -0.4 is 0 Å². The fourth-order valence-corrected chi connectivity index (χ4v) is 4.36. The molecule has 0 radical (unpaired) electrons. The van der Waals surface area contributed by atoms with Crippen molar-refractivity contribution in [1.82, 2.24) is 0 Å². The van der Waals surface area contributed by atoms with Crippen LogP contribution in [0.15, 0.2) is 133 Å². The van der Waals surface area contributed by atoms with Gasteiger partial charge in [-0.1, -0.05) is 140 Å². The van der Waals surface area contributed by atoms with E-state index in [0.717, 1.165) is 22.3 Å². The summed E-state index contributed by atoms with van der Waals surface area (Å²) in [5.41, 5.74) is 2.88. The van der Waals surface area contributed by atoms with Gasteiger partial charge in [-0.3, -0.25) is 4.79 Å². The van der Waals surface area contributed by atoms with Gasteiger partial charge in [-0.25, -0.2) is 0 Å². The zero-order valence-electron chi connectivity index (χ0n) is 19.7. The van der Waals surface area contributed by atoms with Crippen molar-refractivity contribution in [3.05, 3.63) is 156 Å². The highest BCUT2D eigenvalue weighted by atomic mass is 16.3. The molecule has 0 aliphatic carbocycles. The number of aliphatic hydroxyl groups excluding tert-OH is 1. The minimum atomic E-state index is -1.07. The number of carbonyl (C=O) groups excluding carboxylic acids is 1. The Morgan fingerprint density at radius 2 is 1.03 bits per heavy atom. The summed E-state index contributed by atoms with van der Waals surface area (Å²) in [6.07, 6.45) is 6.96. The Hall–Kier alpha value is -4.01. The van der Waals surface area contributed by atoms with Crippen LogP contribution in [0.25, 0.3) is 12.2 Å². The second-order valence-electron chi connectivity index (χ2n) is 8.80. The maximum absolute atomic E-state index is 14.0. The second-order valence-corrected chi connectivity index (χ2v) is 8.80. The monoisotopic (exact) mass is 458 g/mol. The Kier molecular flexibility index (Phi) is 8.21. The van der Waals surface area contributed by atoms with Gasteiger partial charge in [0.15, 0.2) is 5.78 Å². The predicted molar refractivity (Wildman–Crippen MR) is 145 cm³/mol. The molecule has 0 fully saturated rings. The summed E-state index contributed by atoms with van der Waals surface area (Å²) in [5.74, 6) is -0.0979. The van der Waals surface area contributed by atoms with E-state index in [1.54, 1.807) is 12.2 Å². The third-order valence-electron chi connectivity index (χ3n) is 6.28. The number of hydrogen-bond donors (Lipinski definition) is 1. The van der Waals surface area contributed by atoms with Crippen LogP contribution in [0.5, 0.6) is 0 Å². The molecule has 35 heavy (non-hydrogen) atoms. The van der Waals surface area contributed by atoms with Gasteiger partial charge in [0.25, 0.3) is 0 Å². The fraction of sp³-hybridized carbons (Fsp3) is 0.121. The van der Waals surface area contributed by atoms with Crippen LogP contribution in [-0.4, -0.2) is 17.0 Å². The molecule has 2 heteroatoms. The zero-order valence-corrected chi connectivity index (χ0v) is 19.7. The lowest BCUT2D eigenvalue weighted by Gasteiger charge is -2.35. The lowest BCUT2D eigenvalue weighted by molar-refractivity contribution is -0.128. The first-order chi connectivity index (χ1) is 17.2. The molecule has 2 nitrogen and oxygen atoms in total. The standard InChI is InChI=1S/C33H30O2/c34-31(23-21-27-13-5-1-6-14-27)33(25-29-17-9-3-10-18-29,26-30-19-11-4-12-20-30)32(35)24-22-28-15-7-2-8-16-28/h1-24,31,34H,25-26H2/b23-21+,24-22+. The first kappa shape index (κ1) is 24.1. The second kappa shape index (κ2) is 11.9. The van der Waals surface area contributed by atoms with Crippen molar-refractivity contribution in [2.24, 2.45) is 5.41 Å². The average Bonchev–Trinajstić information content (AvgIpc) is 2.92. The van der Waals surface area contributed by atoms with E-state index in [0.29, 0.717) is 12.8 Å². The Labute approximate surface area is 207 Å². The molecule has 0 heterocycles. The maximum atomic E-state index is 14.0. The number of benzene rings is 4. The van der Waals surface area contributed by atoms with Crippen molar-refractivity contribution in [2.45, 2.75) is 18.9 Å². The third-order valence-corrected chi connectivity index (χ3v) is 6.28. The van der Waals surface area contributed by atoms with Crippen LogP contribution >= 0.6 is 0 Å². The third kappa shape index (κ3) is 6.53. The maximum Gasteiger partial charge on any atom is 0.165 e. The van der Waals surface area contributed by atoms with Gasteiger partial charge >= 0.3 is 0 Å². The minimum Gasteiger partial charge on any atom is -0.388 e. The van der Waals surface area contributed by atoms with E-state index in [1.807, 2.05) is 133 Å². The van der Waals surface area contributed by atoms with Crippen LogP contribution in [0.3, 0.4) is 0 Å². The van der Waals surface area contributed by atoms with Crippen molar-refractivity contribution in [1.29, 1.82) is 0 Å². The molecule has 1 N–H and O–H groups in total. The first-order valence-electron chi connectivity index (χ1n) is 11.9. The van der Waals surface area contributed by atoms with E-state index in [2.05, 4.69) is 0 Å². The summed E-state index contributed by atoms with van der Waals surface area (Å²) >= 11 is 0. The molecule has 4 rings (SSSR count). The smallest absolute Gasteiger partial charge is 0.165 e. The number of allylic oxidation sites excluding steroid dienone is 1. The van der Waals surface area contributed by atoms with Gasteiger partial charge in [0.05, 0.1) is 11.5 Å². The molecule has 1 atom stereocenters. The van der Waals surface area contributed by atoms with E-state index < -0.39 is 11.5 Å². The SMILES string of the molecule is O=C(/C=C/c1ccccc1)C(Cc1ccccc1)(Cc1ccccc1)C(O)/C=C/c1ccccc1. The Morgan fingerprint density at radius 1 is 0.629 bits per heavy atom. The van der Waals surface area contributed by atoms with E-state index in [1.165, 1.54) is 0 Å². The largest absolute Gasteiger partial charge is 0.388 e. The van der Waals surface area contributed by atoms with Crippen LogP contribution in [0.1, 0.15) is 22.3 Å². The quantitative estimate of drug-likeness (QED) is 0.265. The minimum absolute atomic E-state index is 0.0979. The van der Waals surface area contributed by atoms with E-state index in [9.17, 15) is 9.90 Å². The van der Waals surface area contributed by atoms with Gasteiger partial charge in [0.2, 0.25) is 0 Å². The van der Waals surface area contributed by atoms with Crippen molar-refractivity contribution < 1.29 is 9.90 Å². The molecule has 0 saturated heterocycles. The molecule has 0 aliphatic rings. The Morgan fingerprint density at radius 3 is 1.49 bits per heavy atom. The molecular weight excluding hydrogens is 428 g/mol. The number of hydrogen-bond acceptors (Lipinski definition) is 2. The van der Waals surface area contributed by atoms with Crippen molar-refractivity contribution in [3.63, 3.8) is 0 Å². The summed E-state index contributed by atoms with van der Waals surface area (Å²) in [6, 6.07) is 39.5. The zero-order chi connectivity index (χ0) is 24.3. The molecule has 4 aromatic carbocycles. The molecule has 0 amide bonds. The molecule has 0 aliphatic heterocycles. The molecule has 0 spiro atoms. The molecular formula is C33H30O2.